The topological polar surface area (TPSA) is 32.3 Å². The van der Waals surface area contributed by atoms with Crippen molar-refractivity contribution in [3.8, 4) is 0 Å². The molecule has 0 saturated heterocycles. The van der Waals surface area contributed by atoms with Crippen molar-refractivity contribution in [2.45, 2.75) is 26.3 Å². The third kappa shape index (κ3) is 4.09. The molecule has 0 rings (SSSR count). The molecule has 0 saturated carbocycles. The summed E-state index contributed by atoms with van der Waals surface area (Å²) in [6.07, 6.45) is 1.13. The normalized spacial score (nSPS) is 13.9. The molecular weight excluding hydrogens is 102 g/mol. The van der Waals surface area contributed by atoms with Gasteiger partial charge < -0.3 is 10.4 Å². The molecule has 0 aliphatic heterocycles. The lowest BCUT2D eigenvalue weighted by Gasteiger charge is -2.07. The van der Waals surface area contributed by atoms with E-state index < -0.39 is 0 Å². The second-order valence-electron chi connectivity index (χ2n) is 2.04. The smallest absolute Gasteiger partial charge is 0.0581 e. The first-order valence-electron chi connectivity index (χ1n) is 3.15. The molecule has 8 heavy (non-hydrogen) atoms. The zero-order valence-electron chi connectivity index (χ0n) is 5.65. The summed E-state index contributed by atoms with van der Waals surface area (Å²) in [5.41, 5.74) is 0. The third-order valence-electron chi connectivity index (χ3n) is 1.02. The van der Waals surface area contributed by atoms with Crippen molar-refractivity contribution in [2.24, 2.45) is 0 Å². The summed E-state index contributed by atoms with van der Waals surface area (Å²) in [4.78, 5) is 0. The van der Waals surface area contributed by atoms with E-state index in [0.717, 1.165) is 13.0 Å². The fourth-order valence-electron chi connectivity index (χ4n) is 0.455. The molecule has 0 radical (unpaired) electrons. The minimum atomic E-state index is 0.236. The van der Waals surface area contributed by atoms with Crippen molar-refractivity contribution >= 4 is 0 Å². The van der Waals surface area contributed by atoms with Crippen LogP contribution in [0.3, 0.4) is 0 Å². The van der Waals surface area contributed by atoms with Crippen LogP contribution in [0.25, 0.3) is 0 Å². The van der Waals surface area contributed by atoms with Crippen molar-refractivity contribution < 1.29 is 5.11 Å². The second kappa shape index (κ2) is 5.06. The van der Waals surface area contributed by atoms with E-state index >= 15 is 0 Å². The van der Waals surface area contributed by atoms with Gasteiger partial charge in [0.2, 0.25) is 0 Å². The van der Waals surface area contributed by atoms with Gasteiger partial charge in [0, 0.05) is 6.04 Å². The molecule has 0 heterocycles. The Kier molecular flexibility index (Phi) is 5.01. The van der Waals surface area contributed by atoms with Crippen LogP contribution in [0.5, 0.6) is 0 Å². The van der Waals surface area contributed by atoms with Gasteiger partial charge in [-0.25, -0.2) is 0 Å². The van der Waals surface area contributed by atoms with Crippen LogP contribution in [-0.4, -0.2) is 24.3 Å². The highest BCUT2D eigenvalue weighted by Gasteiger charge is 1.93. The van der Waals surface area contributed by atoms with Crippen LogP contribution in [0, 0.1) is 0 Å². The van der Waals surface area contributed by atoms with Gasteiger partial charge in [0.1, 0.15) is 0 Å². The van der Waals surface area contributed by atoms with E-state index in [4.69, 9.17) is 5.11 Å². The van der Waals surface area contributed by atoms with E-state index in [9.17, 15) is 0 Å². The van der Waals surface area contributed by atoms with E-state index in [1.807, 2.05) is 6.92 Å². The van der Waals surface area contributed by atoms with Gasteiger partial charge in [-0.3, -0.25) is 0 Å². The fraction of sp³-hybridized carbons (Fsp3) is 1.00. The van der Waals surface area contributed by atoms with Crippen LogP contribution in [0.15, 0.2) is 0 Å². The molecule has 2 nitrogen and oxygen atoms in total. The summed E-state index contributed by atoms with van der Waals surface area (Å²) in [6.45, 7) is 5.31. The van der Waals surface area contributed by atoms with Gasteiger partial charge in [0.25, 0.3) is 0 Å². The highest BCUT2D eigenvalue weighted by atomic mass is 16.3. The first-order chi connectivity index (χ1) is 3.81. The number of hydrogen-bond donors (Lipinski definition) is 2. The van der Waals surface area contributed by atoms with Crippen LogP contribution in [0.2, 0.25) is 0 Å². The van der Waals surface area contributed by atoms with Crippen LogP contribution >= 0.6 is 0 Å². The lowest BCUT2D eigenvalue weighted by molar-refractivity contribution is 0.252. The summed E-state index contributed by atoms with van der Waals surface area (Å²) < 4.78 is 0. The Morgan fingerprint density at radius 2 is 2.25 bits per heavy atom. The maximum Gasteiger partial charge on any atom is 0.0581 e. The number of hydrogen-bond acceptors (Lipinski definition) is 2. The Morgan fingerprint density at radius 3 is 2.62 bits per heavy atom. The first-order valence-corrected chi connectivity index (χ1v) is 3.15. The lowest BCUT2D eigenvalue weighted by Crippen LogP contribution is -2.29. The minimum absolute atomic E-state index is 0.236. The van der Waals surface area contributed by atoms with E-state index in [1.54, 1.807) is 0 Å². The molecule has 0 spiro atoms. The summed E-state index contributed by atoms with van der Waals surface area (Å²) in [6, 6.07) is 0.259. The zero-order valence-corrected chi connectivity index (χ0v) is 5.65. The van der Waals surface area contributed by atoms with Gasteiger partial charge in [-0.1, -0.05) is 6.92 Å². The number of aliphatic hydroxyl groups excluding tert-OH is 1. The largest absolute Gasteiger partial charge is 0.395 e. The molecule has 0 aliphatic carbocycles. The Bertz CT molecular complexity index is 47.8. The highest BCUT2D eigenvalue weighted by Crippen LogP contribution is 1.77. The van der Waals surface area contributed by atoms with Gasteiger partial charge in [-0.15, -0.1) is 0 Å². The zero-order chi connectivity index (χ0) is 6.41. The monoisotopic (exact) mass is 117 g/mol. The Morgan fingerprint density at radius 1 is 1.62 bits per heavy atom. The second-order valence-corrected chi connectivity index (χ2v) is 2.04. The Labute approximate surface area is 50.9 Å². The number of nitrogens with one attached hydrogen (secondary N) is 1. The third-order valence-corrected chi connectivity index (χ3v) is 1.02. The first kappa shape index (κ1) is 7.92. The SMILES string of the molecule is CCCNC(C)CO. The Hall–Kier alpha value is -0.0800. The highest BCUT2D eigenvalue weighted by molar-refractivity contribution is 4.55. The predicted molar refractivity (Wildman–Crippen MR) is 34.8 cm³/mol. The molecule has 0 aromatic heterocycles. The van der Waals surface area contributed by atoms with Crippen LogP contribution in [0.1, 0.15) is 20.3 Å². The average Bonchev–Trinajstić information content (AvgIpc) is 1.83. The van der Waals surface area contributed by atoms with Crippen LogP contribution in [-0.2, 0) is 0 Å². The fourth-order valence-corrected chi connectivity index (χ4v) is 0.455. The number of rotatable bonds is 4. The van der Waals surface area contributed by atoms with Crippen molar-refractivity contribution in [3.63, 3.8) is 0 Å². The maximum atomic E-state index is 8.50. The molecule has 1 atom stereocenters. The molecule has 0 aromatic rings. The van der Waals surface area contributed by atoms with Gasteiger partial charge in [-0.2, -0.15) is 0 Å². The van der Waals surface area contributed by atoms with E-state index in [2.05, 4.69) is 12.2 Å². The minimum Gasteiger partial charge on any atom is -0.395 e. The van der Waals surface area contributed by atoms with Crippen molar-refractivity contribution in [3.05, 3.63) is 0 Å². The molecular formula is C6H15NO. The van der Waals surface area contributed by atoms with E-state index in [0.29, 0.717) is 0 Å². The molecule has 0 aliphatic rings. The quantitative estimate of drug-likeness (QED) is 0.557. The standard InChI is InChI=1S/C6H15NO/c1-3-4-7-6(2)5-8/h6-8H,3-5H2,1-2H3. The summed E-state index contributed by atoms with van der Waals surface area (Å²) >= 11 is 0. The summed E-state index contributed by atoms with van der Waals surface area (Å²) in [5, 5.41) is 11.6. The van der Waals surface area contributed by atoms with Crippen LogP contribution < -0.4 is 5.32 Å². The van der Waals surface area contributed by atoms with Crippen molar-refractivity contribution in [1.29, 1.82) is 0 Å². The van der Waals surface area contributed by atoms with Gasteiger partial charge >= 0.3 is 0 Å². The molecule has 2 heteroatoms. The van der Waals surface area contributed by atoms with Gasteiger partial charge in [0.15, 0.2) is 0 Å². The molecule has 2 N–H and O–H groups in total. The molecule has 0 bridgehead atoms. The molecule has 50 valence electrons. The molecule has 0 amide bonds. The van der Waals surface area contributed by atoms with Gasteiger partial charge in [-0.05, 0) is 19.9 Å². The molecule has 0 fully saturated rings. The van der Waals surface area contributed by atoms with Gasteiger partial charge in [0.05, 0.1) is 6.61 Å². The maximum absolute atomic E-state index is 8.50. The summed E-state index contributed by atoms with van der Waals surface area (Å²) in [7, 11) is 0. The molecule has 0 aromatic carbocycles. The Balaban J connectivity index is 2.86. The number of aliphatic hydroxyl groups is 1. The predicted octanol–water partition coefficient (Wildman–Crippen LogP) is 0.367. The van der Waals surface area contributed by atoms with E-state index in [1.165, 1.54) is 0 Å². The van der Waals surface area contributed by atoms with Crippen LogP contribution in [0.4, 0.5) is 0 Å². The van der Waals surface area contributed by atoms with Crippen molar-refractivity contribution in [1.82, 2.24) is 5.32 Å². The van der Waals surface area contributed by atoms with E-state index in [-0.39, 0.29) is 12.6 Å². The van der Waals surface area contributed by atoms with Crippen molar-refractivity contribution in [2.75, 3.05) is 13.2 Å². The molecule has 1 unspecified atom stereocenters. The lowest BCUT2D eigenvalue weighted by atomic mass is 10.3. The average molecular weight is 117 g/mol. The summed E-state index contributed by atoms with van der Waals surface area (Å²) in [5.74, 6) is 0.